The van der Waals surface area contributed by atoms with Gasteiger partial charge in [-0.1, -0.05) is 324 Å². The van der Waals surface area contributed by atoms with E-state index in [-0.39, 0.29) is 31.1 Å². The lowest BCUT2D eigenvalue weighted by Gasteiger charge is -2.18. The van der Waals surface area contributed by atoms with Crippen LogP contribution in [0, 0.1) is 0 Å². The minimum Gasteiger partial charge on any atom is -0.462 e. The molecule has 0 fully saturated rings. The van der Waals surface area contributed by atoms with Crippen LogP contribution in [0.15, 0.2) is 85.1 Å². The van der Waals surface area contributed by atoms with Gasteiger partial charge >= 0.3 is 17.9 Å². The summed E-state index contributed by atoms with van der Waals surface area (Å²) >= 11 is 0. The van der Waals surface area contributed by atoms with Crippen molar-refractivity contribution in [2.24, 2.45) is 0 Å². The van der Waals surface area contributed by atoms with Gasteiger partial charge in [0.25, 0.3) is 0 Å². The maximum atomic E-state index is 13.0. The summed E-state index contributed by atoms with van der Waals surface area (Å²) in [5.74, 6) is -0.883. The van der Waals surface area contributed by atoms with E-state index in [2.05, 4.69) is 106 Å². The van der Waals surface area contributed by atoms with Gasteiger partial charge in [0.1, 0.15) is 13.2 Å². The first-order valence-corrected chi connectivity index (χ1v) is 35.1. The molecule has 0 N–H and O–H groups in total. The fraction of sp³-hybridized carbons (Fsp3) is 0.773. The van der Waals surface area contributed by atoms with Crippen LogP contribution < -0.4 is 0 Å². The Kier molecular flexibility index (Phi) is 66.2. The number of hydrogen-bond acceptors (Lipinski definition) is 6. The molecule has 81 heavy (non-hydrogen) atoms. The van der Waals surface area contributed by atoms with Gasteiger partial charge in [-0.05, 0) is 96.3 Å². The normalized spacial score (nSPS) is 12.6. The average molecular weight is 1130 g/mol. The summed E-state index contributed by atoms with van der Waals surface area (Å²) in [6.45, 7) is 6.55. The first kappa shape index (κ1) is 77.6. The molecule has 0 aliphatic rings. The van der Waals surface area contributed by atoms with Crippen molar-refractivity contribution >= 4 is 17.9 Å². The highest BCUT2D eigenvalue weighted by atomic mass is 16.6. The fourth-order valence-electron chi connectivity index (χ4n) is 10.2. The van der Waals surface area contributed by atoms with Gasteiger partial charge in [-0.25, -0.2) is 0 Å². The van der Waals surface area contributed by atoms with Crippen molar-refractivity contribution in [3.05, 3.63) is 85.1 Å². The highest BCUT2D eigenvalue weighted by Gasteiger charge is 2.19. The molecule has 0 bridgehead atoms. The van der Waals surface area contributed by atoms with E-state index >= 15 is 0 Å². The Morgan fingerprint density at radius 3 is 0.753 bits per heavy atom. The van der Waals surface area contributed by atoms with Gasteiger partial charge in [0.15, 0.2) is 6.10 Å². The molecule has 0 saturated carbocycles. The molecule has 0 heterocycles. The quantitative estimate of drug-likeness (QED) is 0.0261. The molecule has 0 aliphatic heterocycles. The van der Waals surface area contributed by atoms with Crippen LogP contribution >= 0.6 is 0 Å². The van der Waals surface area contributed by atoms with Crippen molar-refractivity contribution in [1.29, 1.82) is 0 Å². The fourth-order valence-corrected chi connectivity index (χ4v) is 10.2. The van der Waals surface area contributed by atoms with Crippen LogP contribution in [0.1, 0.15) is 355 Å². The van der Waals surface area contributed by atoms with Crippen LogP contribution in [0.5, 0.6) is 0 Å². The van der Waals surface area contributed by atoms with E-state index in [0.717, 1.165) is 116 Å². The third kappa shape index (κ3) is 67.3. The van der Waals surface area contributed by atoms with Crippen molar-refractivity contribution < 1.29 is 28.6 Å². The molecule has 0 amide bonds. The number of rotatable bonds is 64. The largest absolute Gasteiger partial charge is 0.462 e. The summed E-state index contributed by atoms with van der Waals surface area (Å²) in [6, 6.07) is 0. The molecule has 0 spiro atoms. The molecule has 1 unspecified atom stereocenters. The number of ether oxygens (including phenoxy) is 3. The second-order valence-electron chi connectivity index (χ2n) is 23.4. The van der Waals surface area contributed by atoms with Gasteiger partial charge in [-0.2, -0.15) is 0 Å². The van der Waals surface area contributed by atoms with Gasteiger partial charge in [-0.15, -0.1) is 0 Å². The number of esters is 3. The van der Waals surface area contributed by atoms with Crippen molar-refractivity contribution in [2.75, 3.05) is 13.2 Å². The molecular formula is C75H132O6. The number of allylic oxidation sites excluding steroid dienone is 14. The Balaban J connectivity index is 4.40. The summed E-state index contributed by atoms with van der Waals surface area (Å²) in [6.07, 6.45) is 91.7. The third-order valence-electron chi connectivity index (χ3n) is 15.4. The van der Waals surface area contributed by atoms with Crippen molar-refractivity contribution in [1.82, 2.24) is 0 Å². The van der Waals surface area contributed by atoms with Crippen LogP contribution in [-0.4, -0.2) is 37.2 Å². The predicted octanol–water partition coefficient (Wildman–Crippen LogP) is 24.2. The third-order valence-corrected chi connectivity index (χ3v) is 15.4. The molecule has 0 saturated heterocycles. The molecule has 0 aliphatic carbocycles. The van der Waals surface area contributed by atoms with Gasteiger partial charge in [0.2, 0.25) is 0 Å². The SMILES string of the molecule is CC/C=C\C/C=C\C/C=C\C/C=C\CCCCCCCCCCC(=O)OCC(COC(=O)CCCCCCCCCCCCCCCCCCCCCCC)OC(=O)CCCCCCCC/C=C\C/C=C\C/C=C\CCCCCCC. The summed E-state index contributed by atoms with van der Waals surface area (Å²) < 4.78 is 17.0. The van der Waals surface area contributed by atoms with E-state index in [4.69, 9.17) is 14.2 Å². The molecule has 1 atom stereocenters. The lowest BCUT2D eigenvalue weighted by molar-refractivity contribution is -0.167. The number of carbonyl (C=O) groups excluding carboxylic acids is 3. The summed E-state index contributed by atoms with van der Waals surface area (Å²) in [7, 11) is 0. The molecule has 6 heteroatoms. The molecule has 0 aromatic rings. The second-order valence-corrected chi connectivity index (χ2v) is 23.4. The van der Waals surface area contributed by atoms with E-state index in [1.807, 2.05) is 0 Å². The maximum absolute atomic E-state index is 13.0. The van der Waals surface area contributed by atoms with Gasteiger partial charge in [-0.3, -0.25) is 14.4 Å². The topological polar surface area (TPSA) is 78.9 Å². The average Bonchev–Trinajstić information content (AvgIpc) is 3.47. The van der Waals surface area contributed by atoms with Gasteiger partial charge in [0.05, 0.1) is 0 Å². The van der Waals surface area contributed by atoms with Crippen LogP contribution in [-0.2, 0) is 28.6 Å². The molecule has 0 aromatic heterocycles. The summed E-state index contributed by atoms with van der Waals surface area (Å²) in [4.78, 5) is 38.5. The van der Waals surface area contributed by atoms with E-state index in [1.54, 1.807) is 0 Å². The minimum absolute atomic E-state index is 0.0814. The Labute approximate surface area is 503 Å². The first-order valence-electron chi connectivity index (χ1n) is 35.1. The highest BCUT2D eigenvalue weighted by Crippen LogP contribution is 2.18. The van der Waals surface area contributed by atoms with E-state index < -0.39 is 6.10 Å². The number of hydrogen-bond donors (Lipinski definition) is 0. The summed E-state index contributed by atoms with van der Waals surface area (Å²) in [5, 5.41) is 0. The number of unbranched alkanes of at least 4 members (excludes halogenated alkanes) is 39. The second kappa shape index (κ2) is 69.1. The van der Waals surface area contributed by atoms with E-state index in [0.29, 0.717) is 19.3 Å². The van der Waals surface area contributed by atoms with Crippen LogP contribution in [0.25, 0.3) is 0 Å². The zero-order valence-corrected chi connectivity index (χ0v) is 53.8. The molecular weight excluding hydrogens is 997 g/mol. The maximum Gasteiger partial charge on any atom is 0.306 e. The zero-order valence-electron chi connectivity index (χ0n) is 53.8. The molecule has 0 rings (SSSR count). The molecule has 6 nitrogen and oxygen atoms in total. The Hall–Kier alpha value is -3.41. The van der Waals surface area contributed by atoms with Crippen LogP contribution in [0.2, 0.25) is 0 Å². The standard InChI is InChI=1S/C75H132O6/c1-4-7-10-13-16-19-22-25-28-31-34-37-40-43-46-49-52-55-58-61-64-67-73(76)79-70-72(81-75(78)69-66-63-60-57-54-51-48-45-42-39-36-33-30-27-24-21-18-15-12-9-6-3)71-80-74(77)68-65-62-59-56-53-50-47-44-41-38-35-32-29-26-23-20-17-14-11-8-5-2/h7,10,16,19,24-25,27-28,33-34,36-37,42,45,72H,4-6,8-9,11-15,17-18,20-23,26,29-32,35,38-41,43-44,46-71H2,1-3H3/b10-7-,19-16-,27-24-,28-25-,36-33-,37-34-,45-42-. The lowest BCUT2D eigenvalue weighted by Crippen LogP contribution is -2.30. The smallest absolute Gasteiger partial charge is 0.306 e. The summed E-state index contributed by atoms with van der Waals surface area (Å²) in [5.41, 5.74) is 0. The van der Waals surface area contributed by atoms with Crippen molar-refractivity contribution in [2.45, 2.75) is 361 Å². The molecule has 0 radical (unpaired) electrons. The minimum atomic E-state index is -0.789. The van der Waals surface area contributed by atoms with E-state index in [1.165, 1.54) is 199 Å². The Bertz CT molecular complexity index is 1530. The van der Waals surface area contributed by atoms with Crippen molar-refractivity contribution in [3.8, 4) is 0 Å². The Morgan fingerprint density at radius 2 is 0.481 bits per heavy atom. The monoisotopic (exact) mass is 1130 g/mol. The predicted molar refractivity (Wildman–Crippen MR) is 353 cm³/mol. The zero-order chi connectivity index (χ0) is 58.5. The molecule has 0 aromatic carbocycles. The van der Waals surface area contributed by atoms with Crippen LogP contribution in [0.4, 0.5) is 0 Å². The van der Waals surface area contributed by atoms with Crippen molar-refractivity contribution in [3.63, 3.8) is 0 Å². The highest BCUT2D eigenvalue weighted by molar-refractivity contribution is 5.71. The van der Waals surface area contributed by atoms with E-state index in [9.17, 15) is 14.4 Å². The first-order chi connectivity index (χ1) is 40.0. The Morgan fingerprint density at radius 1 is 0.259 bits per heavy atom. The lowest BCUT2D eigenvalue weighted by atomic mass is 10.0. The van der Waals surface area contributed by atoms with Crippen LogP contribution in [0.3, 0.4) is 0 Å². The number of carbonyl (C=O) groups is 3. The molecule has 468 valence electrons. The van der Waals surface area contributed by atoms with Gasteiger partial charge in [0, 0.05) is 19.3 Å². The van der Waals surface area contributed by atoms with Gasteiger partial charge < -0.3 is 14.2 Å².